The lowest BCUT2D eigenvalue weighted by molar-refractivity contribution is 0.0699. The van der Waals surface area contributed by atoms with Gasteiger partial charge in [0.25, 0.3) is 0 Å². The molecule has 4 heteroatoms. The summed E-state index contributed by atoms with van der Waals surface area (Å²) in [6.07, 6.45) is 3.81. The van der Waals surface area contributed by atoms with Crippen molar-refractivity contribution in [3.05, 3.63) is 36.0 Å². The summed E-state index contributed by atoms with van der Waals surface area (Å²) in [6.45, 7) is 2.56. The highest BCUT2D eigenvalue weighted by Crippen LogP contribution is 2.26. The molecule has 1 fully saturated rings. The molecule has 1 aliphatic heterocycles. The number of nitriles is 1. The molecular weight excluding hydrogens is 250 g/mol. The monoisotopic (exact) mass is 267 g/mol. The molecule has 1 aromatic heterocycles. The van der Waals surface area contributed by atoms with E-state index in [1.807, 2.05) is 24.3 Å². The van der Waals surface area contributed by atoms with Gasteiger partial charge in [0, 0.05) is 31.3 Å². The Morgan fingerprint density at radius 3 is 2.90 bits per heavy atom. The van der Waals surface area contributed by atoms with Crippen LogP contribution in [-0.4, -0.2) is 24.7 Å². The second-order valence-electron chi connectivity index (χ2n) is 5.11. The average molecular weight is 267 g/mol. The Hall–Kier alpha value is -2.12. The van der Waals surface area contributed by atoms with E-state index in [2.05, 4.69) is 16.4 Å². The molecule has 0 amide bonds. The van der Waals surface area contributed by atoms with Crippen molar-refractivity contribution in [1.82, 2.24) is 4.98 Å². The Morgan fingerprint density at radius 1 is 1.30 bits per heavy atom. The average Bonchev–Trinajstić information content (AvgIpc) is 2.53. The second kappa shape index (κ2) is 5.89. The first-order chi connectivity index (χ1) is 9.88. The summed E-state index contributed by atoms with van der Waals surface area (Å²) in [5.74, 6) is 0.613. The van der Waals surface area contributed by atoms with Crippen LogP contribution in [-0.2, 0) is 4.74 Å². The van der Waals surface area contributed by atoms with Crippen molar-refractivity contribution in [1.29, 1.82) is 5.26 Å². The number of rotatable bonds is 3. The van der Waals surface area contributed by atoms with Gasteiger partial charge < -0.3 is 10.1 Å². The summed E-state index contributed by atoms with van der Waals surface area (Å²) in [7, 11) is 0. The fourth-order valence-corrected chi connectivity index (χ4v) is 2.61. The van der Waals surface area contributed by atoms with E-state index in [0.717, 1.165) is 49.2 Å². The number of fused-ring (bicyclic) bond motifs is 1. The zero-order chi connectivity index (χ0) is 13.8. The molecule has 0 atom stereocenters. The lowest BCUT2D eigenvalue weighted by atomic mass is 10.00. The topological polar surface area (TPSA) is 57.9 Å². The summed E-state index contributed by atoms with van der Waals surface area (Å²) in [5, 5.41) is 13.7. The van der Waals surface area contributed by atoms with Crippen molar-refractivity contribution in [2.45, 2.75) is 12.8 Å². The smallest absolute Gasteiger partial charge is 0.103 e. The first-order valence-electron chi connectivity index (χ1n) is 6.98. The molecule has 0 spiro atoms. The highest BCUT2D eigenvalue weighted by molar-refractivity contribution is 5.93. The zero-order valence-electron chi connectivity index (χ0n) is 11.3. The van der Waals surface area contributed by atoms with Crippen LogP contribution in [0.4, 0.5) is 5.69 Å². The van der Waals surface area contributed by atoms with Gasteiger partial charge in [-0.1, -0.05) is 18.2 Å². The van der Waals surface area contributed by atoms with Crippen LogP contribution >= 0.6 is 0 Å². The number of hydrogen-bond donors (Lipinski definition) is 1. The summed E-state index contributed by atoms with van der Waals surface area (Å²) >= 11 is 0. The quantitative estimate of drug-likeness (QED) is 0.929. The molecule has 1 saturated heterocycles. The Morgan fingerprint density at radius 2 is 2.10 bits per heavy atom. The summed E-state index contributed by atoms with van der Waals surface area (Å²) in [5.41, 5.74) is 2.43. The zero-order valence-corrected chi connectivity index (χ0v) is 11.3. The Bertz CT molecular complexity index is 642. The van der Waals surface area contributed by atoms with Crippen LogP contribution in [0.1, 0.15) is 18.4 Å². The number of nitrogens with one attached hydrogen (secondary N) is 1. The van der Waals surface area contributed by atoms with E-state index in [4.69, 9.17) is 4.74 Å². The van der Waals surface area contributed by atoms with Crippen LogP contribution in [0.25, 0.3) is 10.9 Å². The normalized spacial score (nSPS) is 15.9. The highest BCUT2D eigenvalue weighted by atomic mass is 16.5. The van der Waals surface area contributed by atoms with E-state index in [-0.39, 0.29) is 0 Å². The van der Waals surface area contributed by atoms with Crippen molar-refractivity contribution < 1.29 is 4.74 Å². The van der Waals surface area contributed by atoms with Gasteiger partial charge in [0.1, 0.15) is 6.07 Å². The van der Waals surface area contributed by atoms with Crippen molar-refractivity contribution in [3.63, 3.8) is 0 Å². The minimum atomic E-state index is 0.607. The van der Waals surface area contributed by atoms with E-state index in [1.54, 1.807) is 6.20 Å². The molecule has 3 rings (SSSR count). The van der Waals surface area contributed by atoms with Gasteiger partial charge in [0.15, 0.2) is 0 Å². The lowest BCUT2D eigenvalue weighted by Crippen LogP contribution is -2.23. The molecular formula is C16H17N3O. The standard InChI is InChI=1S/C16H17N3O/c17-9-13-11-18-15-4-2-1-3-14(15)16(13)19-10-12-5-7-20-8-6-12/h1-4,11-12H,5-8,10H2,(H,18,19). The molecule has 0 saturated carbocycles. The second-order valence-corrected chi connectivity index (χ2v) is 5.11. The van der Waals surface area contributed by atoms with E-state index in [0.29, 0.717) is 11.5 Å². The maximum absolute atomic E-state index is 9.26. The van der Waals surface area contributed by atoms with Gasteiger partial charge in [-0.3, -0.25) is 4.98 Å². The summed E-state index contributed by atoms with van der Waals surface area (Å²) in [4.78, 5) is 4.32. The third-order valence-corrected chi connectivity index (χ3v) is 3.80. The number of ether oxygens (including phenoxy) is 1. The molecule has 20 heavy (non-hydrogen) atoms. The number of anilines is 1. The molecule has 0 unspecified atom stereocenters. The highest BCUT2D eigenvalue weighted by Gasteiger charge is 2.15. The van der Waals surface area contributed by atoms with Crippen molar-refractivity contribution >= 4 is 16.6 Å². The third-order valence-electron chi connectivity index (χ3n) is 3.80. The molecule has 0 bridgehead atoms. The van der Waals surface area contributed by atoms with Crippen LogP contribution in [0.3, 0.4) is 0 Å². The number of pyridine rings is 1. The maximum atomic E-state index is 9.26. The molecule has 2 heterocycles. The maximum Gasteiger partial charge on any atom is 0.103 e. The predicted molar refractivity (Wildman–Crippen MR) is 78.5 cm³/mol. The van der Waals surface area contributed by atoms with Crippen molar-refractivity contribution in [2.24, 2.45) is 5.92 Å². The third kappa shape index (κ3) is 2.59. The van der Waals surface area contributed by atoms with Gasteiger partial charge >= 0.3 is 0 Å². The van der Waals surface area contributed by atoms with Crippen LogP contribution in [0.5, 0.6) is 0 Å². The molecule has 1 N–H and O–H groups in total. The van der Waals surface area contributed by atoms with Gasteiger partial charge in [-0.05, 0) is 24.8 Å². The van der Waals surface area contributed by atoms with Gasteiger partial charge in [-0.2, -0.15) is 5.26 Å². The van der Waals surface area contributed by atoms with Crippen LogP contribution in [0, 0.1) is 17.2 Å². The van der Waals surface area contributed by atoms with Gasteiger partial charge in [-0.15, -0.1) is 0 Å². The fraction of sp³-hybridized carbons (Fsp3) is 0.375. The largest absolute Gasteiger partial charge is 0.383 e. The molecule has 4 nitrogen and oxygen atoms in total. The molecule has 0 radical (unpaired) electrons. The molecule has 0 aliphatic carbocycles. The minimum absolute atomic E-state index is 0.607. The molecule has 102 valence electrons. The first-order valence-corrected chi connectivity index (χ1v) is 6.98. The van der Waals surface area contributed by atoms with Gasteiger partial charge in [0.05, 0.1) is 16.8 Å². The van der Waals surface area contributed by atoms with E-state index in [9.17, 15) is 5.26 Å². The fourth-order valence-electron chi connectivity index (χ4n) is 2.61. The van der Waals surface area contributed by atoms with Crippen LogP contribution < -0.4 is 5.32 Å². The lowest BCUT2D eigenvalue weighted by Gasteiger charge is -2.23. The van der Waals surface area contributed by atoms with Crippen LogP contribution in [0.15, 0.2) is 30.5 Å². The van der Waals surface area contributed by atoms with E-state index >= 15 is 0 Å². The van der Waals surface area contributed by atoms with E-state index in [1.165, 1.54) is 0 Å². The number of para-hydroxylation sites is 1. The van der Waals surface area contributed by atoms with Gasteiger partial charge in [0.2, 0.25) is 0 Å². The Labute approximate surface area is 118 Å². The summed E-state index contributed by atoms with van der Waals surface area (Å²) < 4.78 is 5.38. The molecule has 1 aromatic carbocycles. The molecule has 2 aromatic rings. The first kappa shape index (κ1) is 12.9. The van der Waals surface area contributed by atoms with Crippen molar-refractivity contribution in [3.8, 4) is 6.07 Å². The molecule has 1 aliphatic rings. The van der Waals surface area contributed by atoms with Crippen molar-refractivity contribution in [2.75, 3.05) is 25.1 Å². The number of nitrogens with zero attached hydrogens (tertiary/aromatic N) is 2. The number of benzene rings is 1. The Kier molecular flexibility index (Phi) is 3.80. The predicted octanol–water partition coefficient (Wildman–Crippen LogP) is 2.94. The SMILES string of the molecule is N#Cc1cnc2ccccc2c1NCC1CCOCC1. The Balaban J connectivity index is 1.87. The van der Waals surface area contributed by atoms with E-state index < -0.39 is 0 Å². The minimum Gasteiger partial charge on any atom is -0.383 e. The van der Waals surface area contributed by atoms with Crippen LogP contribution in [0.2, 0.25) is 0 Å². The number of hydrogen-bond acceptors (Lipinski definition) is 4. The van der Waals surface area contributed by atoms with Gasteiger partial charge in [-0.25, -0.2) is 0 Å². The summed E-state index contributed by atoms with van der Waals surface area (Å²) in [6, 6.07) is 10.1. The number of aromatic nitrogens is 1.